The molecule has 0 fully saturated rings. The third-order valence-electron chi connectivity index (χ3n) is 3.03. The molecule has 6 nitrogen and oxygen atoms in total. The van der Waals surface area contributed by atoms with E-state index < -0.39 is 10.0 Å². The minimum Gasteiger partial charge on any atom is -0.447 e. The van der Waals surface area contributed by atoms with Gasteiger partial charge in [-0.2, -0.15) is 0 Å². The Morgan fingerprint density at radius 3 is 2.81 bits per heavy atom. The van der Waals surface area contributed by atoms with E-state index in [1.165, 1.54) is 6.07 Å². The second-order valence-electron chi connectivity index (χ2n) is 5.05. The molecule has 1 atom stereocenters. The Bertz CT molecular complexity index is 499. The molecular formula is C14H26N2O4S. The van der Waals surface area contributed by atoms with Gasteiger partial charge in [-0.25, -0.2) is 13.1 Å². The van der Waals surface area contributed by atoms with E-state index in [1.54, 1.807) is 13.2 Å². The molecule has 2 N–H and O–H groups in total. The van der Waals surface area contributed by atoms with Crippen LogP contribution in [0.5, 0.6) is 0 Å². The summed E-state index contributed by atoms with van der Waals surface area (Å²) in [6.07, 6.45) is 2.86. The molecule has 21 heavy (non-hydrogen) atoms. The first kappa shape index (κ1) is 18.2. The van der Waals surface area contributed by atoms with E-state index in [1.807, 2.05) is 6.92 Å². The van der Waals surface area contributed by atoms with Crippen molar-refractivity contribution in [3.63, 3.8) is 0 Å². The highest BCUT2D eigenvalue weighted by atomic mass is 32.2. The average Bonchev–Trinajstić information content (AvgIpc) is 2.90. The zero-order chi connectivity index (χ0) is 15.7. The molecule has 1 aromatic rings. The maximum Gasteiger partial charge on any atom is 0.274 e. The molecule has 1 heterocycles. The van der Waals surface area contributed by atoms with Gasteiger partial charge in [0.15, 0.2) is 0 Å². The van der Waals surface area contributed by atoms with Crippen LogP contribution in [-0.2, 0) is 21.3 Å². The number of sulfonamides is 1. The molecule has 0 saturated heterocycles. The van der Waals surface area contributed by atoms with E-state index in [-0.39, 0.29) is 11.1 Å². The van der Waals surface area contributed by atoms with Crippen LogP contribution in [0.15, 0.2) is 21.6 Å². The maximum absolute atomic E-state index is 12.2. The van der Waals surface area contributed by atoms with Gasteiger partial charge in [0.05, 0.1) is 13.2 Å². The molecule has 0 aliphatic rings. The molecule has 1 rings (SSSR count). The van der Waals surface area contributed by atoms with Crippen LogP contribution in [0.25, 0.3) is 0 Å². The molecule has 0 spiro atoms. The molecule has 0 amide bonds. The molecule has 0 radical (unpaired) electrons. The number of furan rings is 1. The summed E-state index contributed by atoms with van der Waals surface area (Å²) < 4.78 is 37.2. The van der Waals surface area contributed by atoms with Crippen LogP contribution >= 0.6 is 0 Å². The van der Waals surface area contributed by atoms with Crippen LogP contribution in [-0.4, -0.2) is 34.7 Å². The van der Waals surface area contributed by atoms with Crippen LogP contribution in [0.3, 0.4) is 0 Å². The van der Waals surface area contributed by atoms with Gasteiger partial charge in [0.25, 0.3) is 10.0 Å². The van der Waals surface area contributed by atoms with Crippen LogP contribution in [0.2, 0.25) is 0 Å². The zero-order valence-electron chi connectivity index (χ0n) is 13.0. The third-order valence-corrected chi connectivity index (χ3v) is 4.49. The van der Waals surface area contributed by atoms with E-state index in [4.69, 9.17) is 9.15 Å². The number of rotatable bonds is 11. The first-order valence-corrected chi connectivity index (χ1v) is 8.78. The van der Waals surface area contributed by atoms with E-state index in [0.717, 1.165) is 19.3 Å². The molecule has 0 bridgehead atoms. The van der Waals surface area contributed by atoms with Gasteiger partial charge < -0.3 is 14.5 Å². The van der Waals surface area contributed by atoms with E-state index in [2.05, 4.69) is 17.0 Å². The second-order valence-corrected chi connectivity index (χ2v) is 6.70. The van der Waals surface area contributed by atoms with Gasteiger partial charge in [-0.3, -0.25) is 0 Å². The SMILES string of the molecule is CCCCC(C)NS(=O)(=O)c1ccc(CNCCOC)o1. The van der Waals surface area contributed by atoms with Gasteiger partial charge in [0.2, 0.25) is 5.09 Å². The minimum absolute atomic E-state index is 0.0330. The number of nitrogens with one attached hydrogen (secondary N) is 2. The summed E-state index contributed by atoms with van der Waals surface area (Å²) in [5.41, 5.74) is 0. The second kappa shape index (κ2) is 9.19. The Hall–Kier alpha value is -0.890. The van der Waals surface area contributed by atoms with Gasteiger partial charge in [0.1, 0.15) is 5.76 Å². The standard InChI is InChI=1S/C14H26N2O4S/c1-4-5-6-12(2)16-21(17,18)14-8-7-13(20-14)11-15-9-10-19-3/h7-8,12,15-16H,4-6,9-11H2,1-3H3. The third kappa shape index (κ3) is 6.60. The van der Waals surface area contributed by atoms with Gasteiger partial charge >= 0.3 is 0 Å². The normalized spacial score (nSPS) is 13.5. The van der Waals surface area contributed by atoms with Gasteiger partial charge in [0, 0.05) is 19.7 Å². The number of unbranched alkanes of at least 4 members (excludes halogenated alkanes) is 1. The summed E-state index contributed by atoms with van der Waals surface area (Å²) in [5, 5.41) is 3.07. The number of methoxy groups -OCH3 is 1. The highest BCUT2D eigenvalue weighted by Crippen LogP contribution is 2.15. The number of hydrogen-bond donors (Lipinski definition) is 2. The fourth-order valence-corrected chi connectivity index (χ4v) is 3.10. The molecule has 0 aliphatic heterocycles. The maximum atomic E-state index is 12.2. The predicted octanol–water partition coefficient (Wildman–Crippen LogP) is 1.87. The van der Waals surface area contributed by atoms with Gasteiger partial charge in [-0.1, -0.05) is 19.8 Å². The lowest BCUT2D eigenvalue weighted by Crippen LogP contribution is -2.32. The zero-order valence-corrected chi connectivity index (χ0v) is 13.8. The monoisotopic (exact) mass is 318 g/mol. The Balaban J connectivity index is 2.53. The summed E-state index contributed by atoms with van der Waals surface area (Å²) in [7, 11) is -1.94. The van der Waals surface area contributed by atoms with Crippen LogP contribution in [0, 0.1) is 0 Å². The van der Waals surface area contributed by atoms with E-state index >= 15 is 0 Å². The largest absolute Gasteiger partial charge is 0.447 e. The number of hydrogen-bond acceptors (Lipinski definition) is 5. The predicted molar refractivity (Wildman–Crippen MR) is 81.6 cm³/mol. The lowest BCUT2D eigenvalue weighted by Gasteiger charge is -2.12. The smallest absolute Gasteiger partial charge is 0.274 e. The van der Waals surface area contributed by atoms with Gasteiger partial charge in [-0.05, 0) is 25.5 Å². The molecule has 122 valence electrons. The van der Waals surface area contributed by atoms with Crippen molar-refractivity contribution < 1.29 is 17.6 Å². The van der Waals surface area contributed by atoms with Crippen molar-refractivity contribution >= 4 is 10.0 Å². The Kier molecular flexibility index (Phi) is 7.95. The highest BCUT2D eigenvalue weighted by Gasteiger charge is 2.20. The van der Waals surface area contributed by atoms with Crippen molar-refractivity contribution in [2.24, 2.45) is 0 Å². The van der Waals surface area contributed by atoms with E-state index in [9.17, 15) is 8.42 Å². The quantitative estimate of drug-likeness (QED) is 0.609. The summed E-state index contributed by atoms with van der Waals surface area (Å²) >= 11 is 0. The molecular weight excluding hydrogens is 292 g/mol. The molecule has 7 heteroatoms. The Labute approximate surface area is 127 Å². The molecule has 1 unspecified atom stereocenters. The minimum atomic E-state index is -3.57. The average molecular weight is 318 g/mol. The van der Waals surface area contributed by atoms with Crippen LogP contribution in [0.1, 0.15) is 38.9 Å². The topological polar surface area (TPSA) is 80.6 Å². The van der Waals surface area contributed by atoms with E-state index in [0.29, 0.717) is 25.5 Å². The molecule has 0 aliphatic carbocycles. The Morgan fingerprint density at radius 2 is 2.14 bits per heavy atom. The van der Waals surface area contributed by atoms with Crippen molar-refractivity contribution in [2.75, 3.05) is 20.3 Å². The fraction of sp³-hybridized carbons (Fsp3) is 0.714. The van der Waals surface area contributed by atoms with Crippen LogP contribution in [0.4, 0.5) is 0 Å². The summed E-state index contributed by atoms with van der Waals surface area (Å²) in [4.78, 5) is 0. The first-order chi connectivity index (χ1) is 9.99. The van der Waals surface area contributed by atoms with Gasteiger partial charge in [-0.15, -0.1) is 0 Å². The lowest BCUT2D eigenvalue weighted by molar-refractivity contribution is 0.198. The first-order valence-electron chi connectivity index (χ1n) is 7.30. The molecule has 1 aromatic heterocycles. The highest BCUT2D eigenvalue weighted by molar-refractivity contribution is 7.89. The summed E-state index contributed by atoms with van der Waals surface area (Å²) in [5.74, 6) is 0.590. The molecule has 0 saturated carbocycles. The van der Waals surface area contributed by atoms with Crippen molar-refractivity contribution in [2.45, 2.75) is 50.8 Å². The fourth-order valence-electron chi connectivity index (χ4n) is 1.88. The van der Waals surface area contributed by atoms with Crippen molar-refractivity contribution in [3.8, 4) is 0 Å². The van der Waals surface area contributed by atoms with Crippen molar-refractivity contribution in [1.82, 2.24) is 10.0 Å². The Morgan fingerprint density at radius 1 is 1.38 bits per heavy atom. The lowest BCUT2D eigenvalue weighted by atomic mass is 10.2. The number of ether oxygens (including phenoxy) is 1. The van der Waals surface area contributed by atoms with Crippen molar-refractivity contribution in [1.29, 1.82) is 0 Å². The van der Waals surface area contributed by atoms with Crippen molar-refractivity contribution in [3.05, 3.63) is 17.9 Å². The molecule has 0 aromatic carbocycles. The summed E-state index contributed by atoms with van der Waals surface area (Å²) in [6.45, 7) is 5.71. The summed E-state index contributed by atoms with van der Waals surface area (Å²) in [6, 6.07) is 3.07. The van der Waals surface area contributed by atoms with Crippen LogP contribution < -0.4 is 10.0 Å².